The van der Waals surface area contributed by atoms with Crippen LogP contribution in [0.2, 0.25) is 5.02 Å². The topological polar surface area (TPSA) is 55.4 Å². The summed E-state index contributed by atoms with van der Waals surface area (Å²) in [5, 5.41) is 3.32. The van der Waals surface area contributed by atoms with Gasteiger partial charge in [-0.2, -0.15) is 0 Å². The highest BCUT2D eigenvalue weighted by Gasteiger charge is 2.44. The Morgan fingerprint density at radius 2 is 1.60 bits per heavy atom. The van der Waals surface area contributed by atoms with Crippen LogP contribution in [-0.2, 0) is 19.7 Å². The molecule has 1 unspecified atom stereocenters. The smallest absolute Gasteiger partial charge is 0.325 e. The molecule has 0 radical (unpaired) electrons. The molecule has 1 atom stereocenters. The molecule has 0 aromatic heterocycles. The second kappa shape index (κ2) is 9.84. The van der Waals surface area contributed by atoms with Gasteiger partial charge >= 0.3 is 5.97 Å². The Bertz CT molecular complexity index is 686. The van der Waals surface area contributed by atoms with Gasteiger partial charge in [0.25, 0.3) is 0 Å². The predicted molar refractivity (Wildman–Crippen MR) is 102 cm³/mol. The van der Waals surface area contributed by atoms with Gasteiger partial charge in [0.15, 0.2) is 5.41 Å². The van der Waals surface area contributed by atoms with Crippen LogP contribution in [0.25, 0.3) is 0 Å². The van der Waals surface area contributed by atoms with Gasteiger partial charge in [-0.25, -0.2) is 0 Å². The van der Waals surface area contributed by atoms with Crippen LogP contribution in [0, 0.1) is 0 Å². The Kier molecular flexibility index (Phi) is 8.16. The number of esters is 1. The molecule has 1 N–H and O–H groups in total. The highest BCUT2D eigenvalue weighted by Crippen LogP contribution is 2.28. The van der Waals surface area contributed by atoms with E-state index in [4.69, 9.17) is 16.3 Å². The molecule has 0 fully saturated rings. The van der Waals surface area contributed by atoms with Crippen molar-refractivity contribution < 1.29 is 14.3 Å². The zero-order valence-electron chi connectivity index (χ0n) is 15.0. The summed E-state index contributed by atoms with van der Waals surface area (Å²) in [7, 11) is 0. The summed E-state index contributed by atoms with van der Waals surface area (Å²) in [5.41, 5.74) is -0.299. The first-order valence-corrected chi connectivity index (χ1v) is 8.66. The number of anilines is 1. The molecule has 0 heterocycles. The molecule has 5 heteroatoms. The van der Waals surface area contributed by atoms with E-state index in [1.165, 1.54) is 0 Å². The lowest BCUT2D eigenvalue weighted by molar-refractivity contribution is -0.152. The van der Waals surface area contributed by atoms with E-state index in [-0.39, 0.29) is 6.61 Å². The van der Waals surface area contributed by atoms with E-state index in [1.54, 1.807) is 62.4 Å². The van der Waals surface area contributed by atoms with Gasteiger partial charge in [-0.3, -0.25) is 9.59 Å². The second-order valence-electron chi connectivity index (χ2n) is 5.17. The van der Waals surface area contributed by atoms with Crippen LogP contribution < -0.4 is 5.32 Å². The molecule has 0 aliphatic carbocycles. The minimum Gasteiger partial charge on any atom is -0.465 e. The van der Waals surface area contributed by atoms with Gasteiger partial charge in [-0.1, -0.05) is 55.8 Å². The molecule has 0 aliphatic rings. The molecule has 0 aliphatic heterocycles. The van der Waals surface area contributed by atoms with Crippen molar-refractivity contribution in [1.82, 2.24) is 0 Å². The summed E-state index contributed by atoms with van der Waals surface area (Å²) < 4.78 is 5.12. The van der Waals surface area contributed by atoms with Gasteiger partial charge in [0.2, 0.25) is 5.91 Å². The number of hydrogen-bond donors (Lipinski definition) is 1. The van der Waals surface area contributed by atoms with E-state index >= 15 is 0 Å². The molecular formula is C20H24ClNO3. The molecule has 4 nitrogen and oxygen atoms in total. The second-order valence-corrected chi connectivity index (χ2v) is 5.61. The third-order valence-electron chi connectivity index (χ3n) is 3.59. The van der Waals surface area contributed by atoms with Gasteiger partial charge in [0.1, 0.15) is 0 Å². The summed E-state index contributed by atoms with van der Waals surface area (Å²) in [4.78, 5) is 25.2. The lowest BCUT2D eigenvalue weighted by Gasteiger charge is -2.26. The fraction of sp³-hybridized carbons (Fsp3) is 0.300. The Hall–Kier alpha value is -2.33. The van der Waals surface area contributed by atoms with Crippen molar-refractivity contribution in [2.24, 2.45) is 0 Å². The fourth-order valence-corrected chi connectivity index (χ4v) is 2.30. The third-order valence-corrected chi connectivity index (χ3v) is 3.84. The molecule has 25 heavy (non-hydrogen) atoms. The minimum absolute atomic E-state index is 0.204. The quantitative estimate of drug-likeness (QED) is 0.613. The molecule has 0 spiro atoms. The average Bonchev–Trinajstić information content (AvgIpc) is 2.65. The molecule has 0 saturated heterocycles. The Balaban J connectivity index is 0.00000151. The minimum atomic E-state index is -1.43. The highest BCUT2D eigenvalue weighted by molar-refractivity contribution is 6.30. The summed E-state index contributed by atoms with van der Waals surface area (Å²) in [6, 6.07) is 15.5. The zero-order valence-corrected chi connectivity index (χ0v) is 15.8. The number of ether oxygens (including phenoxy) is 1. The van der Waals surface area contributed by atoms with E-state index in [0.29, 0.717) is 16.3 Å². The molecule has 2 aromatic rings. The van der Waals surface area contributed by atoms with Crippen LogP contribution in [-0.4, -0.2) is 18.5 Å². The Morgan fingerprint density at radius 1 is 1.04 bits per heavy atom. The first-order valence-electron chi connectivity index (χ1n) is 8.28. The van der Waals surface area contributed by atoms with Crippen LogP contribution in [0.1, 0.15) is 33.3 Å². The summed E-state index contributed by atoms with van der Waals surface area (Å²) in [6.07, 6.45) is 0. The molecule has 134 valence electrons. The molecule has 2 aromatic carbocycles. The SMILES string of the molecule is CC.CCOC(=O)C(C)(C(=O)Nc1ccc(Cl)cc1)c1ccccc1. The van der Waals surface area contributed by atoms with Crippen LogP contribution in [0.4, 0.5) is 5.69 Å². The monoisotopic (exact) mass is 361 g/mol. The standard InChI is InChI=1S/C18H18ClNO3.C2H6/c1-3-23-17(22)18(2,13-7-5-4-6-8-13)16(21)20-15-11-9-14(19)10-12-15;1-2/h4-12H,3H2,1-2H3,(H,20,21);1-2H3. The van der Waals surface area contributed by atoms with Crippen LogP contribution in [0.15, 0.2) is 54.6 Å². The number of rotatable bonds is 5. The number of halogens is 1. The maximum Gasteiger partial charge on any atom is 0.325 e. The highest BCUT2D eigenvalue weighted by atomic mass is 35.5. The van der Waals surface area contributed by atoms with Crippen LogP contribution in [0.5, 0.6) is 0 Å². The van der Waals surface area contributed by atoms with Gasteiger partial charge in [0, 0.05) is 10.7 Å². The number of hydrogen-bond acceptors (Lipinski definition) is 3. The normalized spacial score (nSPS) is 12.2. The summed E-state index contributed by atoms with van der Waals surface area (Å²) >= 11 is 5.84. The van der Waals surface area contributed by atoms with Crippen molar-refractivity contribution in [2.45, 2.75) is 33.1 Å². The molecule has 0 bridgehead atoms. The first-order chi connectivity index (χ1) is 12.0. The van der Waals surface area contributed by atoms with E-state index in [0.717, 1.165) is 0 Å². The van der Waals surface area contributed by atoms with Gasteiger partial charge in [-0.05, 0) is 43.7 Å². The van der Waals surface area contributed by atoms with Crippen molar-refractivity contribution >= 4 is 29.2 Å². The van der Waals surface area contributed by atoms with E-state index in [2.05, 4.69) is 5.32 Å². The maximum absolute atomic E-state index is 12.8. The molecule has 0 saturated carbocycles. The average molecular weight is 362 g/mol. The predicted octanol–water partition coefficient (Wildman–Crippen LogP) is 4.83. The van der Waals surface area contributed by atoms with Crippen molar-refractivity contribution in [3.63, 3.8) is 0 Å². The fourth-order valence-electron chi connectivity index (χ4n) is 2.18. The number of nitrogens with one attached hydrogen (secondary N) is 1. The number of carbonyl (C=O) groups excluding carboxylic acids is 2. The number of carbonyl (C=O) groups is 2. The van der Waals surface area contributed by atoms with Crippen molar-refractivity contribution in [3.05, 3.63) is 65.2 Å². The van der Waals surface area contributed by atoms with E-state index in [9.17, 15) is 9.59 Å². The van der Waals surface area contributed by atoms with Crippen LogP contribution in [0.3, 0.4) is 0 Å². The lowest BCUT2D eigenvalue weighted by Crippen LogP contribution is -2.45. The summed E-state index contributed by atoms with van der Waals surface area (Å²) in [6.45, 7) is 7.47. The van der Waals surface area contributed by atoms with Crippen molar-refractivity contribution in [2.75, 3.05) is 11.9 Å². The maximum atomic E-state index is 12.8. The van der Waals surface area contributed by atoms with Crippen molar-refractivity contribution in [3.8, 4) is 0 Å². The molecule has 1 amide bonds. The largest absolute Gasteiger partial charge is 0.465 e. The van der Waals surface area contributed by atoms with Gasteiger partial charge in [0.05, 0.1) is 6.61 Å². The Labute approximate surface area is 154 Å². The van der Waals surface area contributed by atoms with E-state index < -0.39 is 17.3 Å². The zero-order chi connectivity index (χ0) is 18.9. The van der Waals surface area contributed by atoms with Crippen molar-refractivity contribution in [1.29, 1.82) is 0 Å². The van der Waals surface area contributed by atoms with Crippen LogP contribution >= 0.6 is 11.6 Å². The lowest BCUT2D eigenvalue weighted by atomic mass is 9.81. The third kappa shape index (κ3) is 5.07. The summed E-state index contributed by atoms with van der Waals surface area (Å²) in [5.74, 6) is -1.04. The Morgan fingerprint density at radius 3 is 2.12 bits per heavy atom. The molecule has 2 rings (SSSR count). The number of amides is 1. The first kappa shape index (κ1) is 20.7. The van der Waals surface area contributed by atoms with Gasteiger partial charge in [-0.15, -0.1) is 0 Å². The van der Waals surface area contributed by atoms with E-state index in [1.807, 2.05) is 19.9 Å². The number of benzene rings is 2. The molecular weight excluding hydrogens is 338 g/mol. The van der Waals surface area contributed by atoms with Gasteiger partial charge < -0.3 is 10.1 Å².